The summed E-state index contributed by atoms with van der Waals surface area (Å²) in [4.78, 5) is 18.4. The van der Waals surface area contributed by atoms with Gasteiger partial charge in [-0.3, -0.25) is 9.78 Å². The second kappa shape index (κ2) is 6.39. The lowest BCUT2D eigenvalue weighted by Gasteiger charge is -2.40. The molecule has 5 nitrogen and oxygen atoms in total. The van der Waals surface area contributed by atoms with E-state index in [1.165, 1.54) is 5.56 Å². The molecule has 0 bridgehead atoms. The Balaban J connectivity index is 1.48. The predicted molar refractivity (Wildman–Crippen MR) is 93.3 cm³/mol. The van der Waals surface area contributed by atoms with E-state index >= 15 is 0 Å². The third-order valence-corrected chi connectivity index (χ3v) is 5.06. The molecule has 0 radical (unpaired) electrons. The molecule has 2 aliphatic heterocycles. The number of ether oxygens (including phenoxy) is 2. The summed E-state index contributed by atoms with van der Waals surface area (Å²) < 4.78 is 10.9. The fraction of sp³-hybridized carbons (Fsp3) is 0.400. The molecular weight excluding hydrogens is 316 g/mol. The normalized spacial score (nSPS) is 22.3. The van der Waals surface area contributed by atoms with E-state index < -0.39 is 0 Å². The average Bonchev–Trinajstić information content (AvgIpc) is 3.07. The summed E-state index contributed by atoms with van der Waals surface area (Å²) in [5.74, 6) is 1.87. The summed E-state index contributed by atoms with van der Waals surface area (Å²) in [6, 6.07) is 10.1. The first-order chi connectivity index (χ1) is 12.1. The van der Waals surface area contributed by atoms with Crippen LogP contribution < -0.4 is 9.47 Å². The molecule has 4 rings (SSSR count). The van der Waals surface area contributed by atoms with Crippen LogP contribution in [0.1, 0.15) is 30.9 Å². The largest absolute Gasteiger partial charge is 0.454 e. The summed E-state index contributed by atoms with van der Waals surface area (Å²) in [6.45, 7) is 3.98. The van der Waals surface area contributed by atoms with Crippen molar-refractivity contribution in [2.75, 3.05) is 13.3 Å². The van der Waals surface area contributed by atoms with Crippen LogP contribution >= 0.6 is 0 Å². The monoisotopic (exact) mass is 338 g/mol. The van der Waals surface area contributed by atoms with Crippen LogP contribution in [0.25, 0.3) is 0 Å². The number of rotatable bonds is 4. The number of carbonyl (C=O) groups excluding carboxylic acids is 1. The van der Waals surface area contributed by atoms with E-state index in [9.17, 15) is 4.79 Å². The SMILES string of the molecule is CC1(Cc2ccc3c(c2)OCO3)CCC(=O)N(Cc2ccncc2)C1. The van der Waals surface area contributed by atoms with Gasteiger partial charge in [0.2, 0.25) is 12.7 Å². The molecule has 130 valence electrons. The maximum absolute atomic E-state index is 12.4. The lowest BCUT2D eigenvalue weighted by atomic mass is 9.76. The number of amides is 1. The molecule has 1 aromatic heterocycles. The average molecular weight is 338 g/mol. The maximum Gasteiger partial charge on any atom is 0.231 e. The number of hydrogen-bond donors (Lipinski definition) is 0. The Bertz CT molecular complexity index is 778. The van der Waals surface area contributed by atoms with Gasteiger partial charge < -0.3 is 14.4 Å². The second-order valence-electron chi connectivity index (χ2n) is 7.28. The van der Waals surface area contributed by atoms with Gasteiger partial charge in [-0.05, 0) is 53.6 Å². The Hall–Kier alpha value is -2.56. The van der Waals surface area contributed by atoms with Gasteiger partial charge in [0.1, 0.15) is 0 Å². The highest BCUT2D eigenvalue weighted by atomic mass is 16.7. The van der Waals surface area contributed by atoms with Crippen LogP contribution in [0, 0.1) is 5.41 Å². The minimum atomic E-state index is 0.0641. The van der Waals surface area contributed by atoms with Crippen molar-refractivity contribution in [2.45, 2.75) is 32.7 Å². The van der Waals surface area contributed by atoms with E-state index in [1.54, 1.807) is 12.4 Å². The zero-order valence-electron chi connectivity index (χ0n) is 14.4. The Morgan fingerprint density at radius 2 is 1.92 bits per heavy atom. The molecule has 1 atom stereocenters. The Morgan fingerprint density at radius 3 is 2.76 bits per heavy atom. The van der Waals surface area contributed by atoms with Crippen LogP contribution in [0.2, 0.25) is 0 Å². The molecular formula is C20H22N2O3. The zero-order chi connectivity index (χ0) is 17.3. The van der Waals surface area contributed by atoms with Crippen molar-refractivity contribution in [3.63, 3.8) is 0 Å². The predicted octanol–water partition coefficient (Wildman–Crippen LogP) is 3.18. The summed E-state index contributed by atoms with van der Waals surface area (Å²) in [7, 11) is 0. The van der Waals surface area contributed by atoms with E-state index in [-0.39, 0.29) is 11.3 Å². The molecule has 2 aromatic rings. The van der Waals surface area contributed by atoms with Gasteiger partial charge in [-0.2, -0.15) is 0 Å². The van der Waals surface area contributed by atoms with Crippen LogP contribution in [-0.2, 0) is 17.8 Å². The highest BCUT2D eigenvalue weighted by Gasteiger charge is 2.35. The van der Waals surface area contributed by atoms with Crippen molar-refractivity contribution in [3.8, 4) is 11.5 Å². The fourth-order valence-electron chi connectivity index (χ4n) is 3.74. The number of likely N-dealkylation sites (tertiary alicyclic amines) is 1. The van der Waals surface area contributed by atoms with Crippen molar-refractivity contribution in [1.29, 1.82) is 0 Å². The first kappa shape index (κ1) is 15.9. The zero-order valence-corrected chi connectivity index (χ0v) is 14.4. The number of nitrogens with zero attached hydrogens (tertiary/aromatic N) is 2. The van der Waals surface area contributed by atoms with Crippen molar-refractivity contribution in [2.24, 2.45) is 5.41 Å². The van der Waals surface area contributed by atoms with Crippen LogP contribution in [0.5, 0.6) is 11.5 Å². The lowest BCUT2D eigenvalue weighted by Crippen LogP contribution is -2.45. The molecule has 3 heterocycles. The lowest BCUT2D eigenvalue weighted by molar-refractivity contribution is -0.137. The minimum absolute atomic E-state index is 0.0641. The van der Waals surface area contributed by atoms with Crippen molar-refractivity contribution >= 4 is 5.91 Å². The van der Waals surface area contributed by atoms with Gasteiger partial charge >= 0.3 is 0 Å². The first-order valence-electron chi connectivity index (χ1n) is 8.67. The third-order valence-electron chi connectivity index (χ3n) is 5.06. The van der Waals surface area contributed by atoms with E-state index in [0.29, 0.717) is 19.8 Å². The van der Waals surface area contributed by atoms with Crippen LogP contribution in [0.15, 0.2) is 42.7 Å². The Morgan fingerprint density at radius 1 is 1.12 bits per heavy atom. The number of hydrogen-bond acceptors (Lipinski definition) is 4. The summed E-state index contributed by atoms with van der Waals surface area (Å²) >= 11 is 0. The number of fused-ring (bicyclic) bond motifs is 1. The van der Waals surface area contributed by atoms with Crippen LogP contribution in [-0.4, -0.2) is 29.1 Å². The molecule has 1 amide bonds. The number of pyridine rings is 1. The highest BCUT2D eigenvalue weighted by molar-refractivity contribution is 5.77. The standard InChI is InChI=1S/C20H22N2O3/c1-20(11-16-2-3-17-18(10-16)25-14-24-17)7-4-19(23)22(13-20)12-15-5-8-21-9-6-15/h2-3,5-6,8-10H,4,7,11-14H2,1H3. The molecule has 5 heteroatoms. The molecule has 1 unspecified atom stereocenters. The maximum atomic E-state index is 12.4. The van der Waals surface area contributed by atoms with Crippen LogP contribution in [0.3, 0.4) is 0 Å². The number of benzene rings is 1. The Labute approximate surface area is 147 Å². The molecule has 2 aliphatic rings. The number of carbonyl (C=O) groups is 1. The molecule has 0 saturated carbocycles. The summed E-state index contributed by atoms with van der Waals surface area (Å²) in [5, 5.41) is 0. The van der Waals surface area contributed by atoms with E-state index in [1.807, 2.05) is 23.1 Å². The number of aromatic nitrogens is 1. The highest BCUT2D eigenvalue weighted by Crippen LogP contribution is 2.38. The topological polar surface area (TPSA) is 51.7 Å². The molecule has 25 heavy (non-hydrogen) atoms. The van der Waals surface area contributed by atoms with Crippen molar-refractivity contribution in [1.82, 2.24) is 9.88 Å². The smallest absolute Gasteiger partial charge is 0.231 e. The summed E-state index contributed by atoms with van der Waals surface area (Å²) in [5.41, 5.74) is 2.41. The van der Waals surface area contributed by atoms with Gasteiger partial charge in [-0.15, -0.1) is 0 Å². The summed E-state index contributed by atoms with van der Waals surface area (Å²) in [6.07, 6.45) is 5.98. The van der Waals surface area contributed by atoms with E-state index in [2.05, 4.69) is 24.0 Å². The molecule has 1 aromatic carbocycles. The van der Waals surface area contributed by atoms with Gasteiger partial charge in [0.05, 0.1) is 0 Å². The molecule has 0 spiro atoms. The number of piperidine rings is 1. The van der Waals surface area contributed by atoms with Crippen molar-refractivity contribution in [3.05, 3.63) is 53.9 Å². The van der Waals surface area contributed by atoms with Gasteiger partial charge in [-0.25, -0.2) is 0 Å². The van der Waals surface area contributed by atoms with E-state index in [0.717, 1.165) is 36.4 Å². The molecule has 0 aliphatic carbocycles. The minimum Gasteiger partial charge on any atom is -0.454 e. The fourth-order valence-corrected chi connectivity index (χ4v) is 3.74. The Kier molecular flexibility index (Phi) is 4.07. The first-order valence-corrected chi connectivity index (χ1v) is 8.67. The van der Waals surface area contributed by atoms with Crippen LogP contribution in [0.4, 0.5) is 0 Å². The molecule has 1 fully saturated rings. The molecule has 0 N–H and O–H groups in total. The molecule has 1 saturated heterocycles. The van der Waals surface area contributed by atoms with Gasteiger partial charge in [0, 0.05) is 31.9 Å². The van der Waals surface area contributed by atoms with Gasteiger partial charge in [0.25, 0.3) is 0 Å². The van der Waals surface area contributed by atoms with E-state index in [4.69, 9.17) is 9.47 Å². The van der Waals surface area contributed by atoms with Gasteiger partial charge in [-0.1, -0.05) is 13.0 Å². The van der Waals surface area contributed by atoms with Gasteiger partial charge in [0.15, 0.2) is 11.5 Å². The second-order valence-corrected chi connectivity index (χ2v) is 7.28. The quantitative estimate of drug-likeness (QED) is 0.859. The van der Waals surface area contributed by atoms with Crippen molar-refractivity contribution < 1.29 is 14.3 Å². The third kappa shape index (κ3) is 3.45.